The van der Waals surface area contributed by atoms with Crippen molar-refractivity contribution in [3.63, 3.8) is 0 Å². The summed E-state index contributed by atoms with van der Waals surface area (Å²) in [5.41, 5.74) is 14.2. The number of nitrogens with zero attached hydrogens (tertiary/aromatic N) is 8. The van der Waals surface area contributed by atoms with Gasteiger partial charge in [-0.25, -0.2) is 0 Å². The van der Waals surface area contributed by atoms with Gasteiger partial charge in [-0.05, 0) is 72.8 Å². The van der Waals surface area contributed by atoms with Crippen LogP contribution in [-0.4, -0.2) is 37.8 Å². The summed E-state index contributed by atoms with van der Waals surface area (Å²) in [4.78, 5) is 17.4. The van der Waals surface area contributed by atoms with E-state index in [1.807, 2.05) is 0 Å². The van der Waals surface area contributed by atoms with Gasteiger partial charge in [0.05, 0.1) is 77.8 Å². The molecule has 8 heteroatoms. The van der Waals surface area contributed by atoms with Crippen LogP contribution in [0.25, 0.3) is 149 Å². The predicted molar refractivity (Wildman–Crippen MR) is 317 cm³/mol. The fourth-order valence-corrected chi connectivity index (χ4v) is 12.8. The second-order valence-electron chi connectivity index (χ2n) is 20.0. The minimum atomic E-state index is 0.511. The van der Waals surface area contributed by atoms with E-state index >= 15 is 0 Å². The van der Waals surface area contributed by atoms with E-state index in [9.17, 15) is 0 Å². The Morgan fingerprint density at radius 3 is 0.662 bits per heavy atom. The second-order valence-corrected chi connectivity index (χ2v) is 20.0. The molecule has 11 aromatic carbocycles. The zero-order chi connectivity index (χ0) is 50.3. The molecule has 0 aliphatic heterocycles. The van der Waals surface area contributed by atoms with Crippen LogP contribution >= 0.6 is 0 Å². The van der Waals surface area contributed by atoms with Gasteiger partial charge >= 0.3 is 0 Å². The maximum Gasteiger partial charge on any atom is 0.240 e. The van der Waals surface area contributed by atoms with E-state index in [1.165, 1.54) is 10.8 Å². The first-order valence-electron chi connectivity index (χ1n) is 26.1. The monoisotopic (exact) mass is 982 g/mol. The molecule has 0 radical (unpaired) electrons. The van der Waals surface area contributed by atoms with Crippen LogP contribution in [0.1, 0.15) is 0 Å². The Hall–Kier alpha value is -10.6. The summed E-state index contributed by atoms with van der Waals surface area (Å²) in [7, 11) is 0. The molecule has 0 fully saturated rings. The van der Waals surface area contributed by atoms with Gasteiger partial charge in [-0.2, -0.15) is 15.0 Å². The molecule has 6 heterocycles. The molecule has 6 aromatic heterocycles. The first kappa shape index (κ1) is 41.9. The topological polar surface area (TPSA) is 63.3 Å². The second kappa shape index (κ2) is 16.0. The van der Waals surface area contributed by atoms with Crippen molar-refractivity contribution in [1.82, 2.24) is 37.8 Å². The van der Waals surface area contributed by atoms with Crippen molar-refractivity contribution < 1.29 is 0 Å². The summed E-state index contributed by atoms with van der Waals surface area (Å²) >= 11 is 0. The molecule has 0 N–H and O–H groups in total. The van der Waals surface area contributed by atoms with Crippen molar-refractivity contribution in [3.8, 4) is 40.3 Å². The highest BCUT2D eigenvalue weighted by Gasteiger charge is 2.29. The van der Waals surface area contributed by atoms with Gasteiger partial charge in [0, 0.05) is 53.9 Å². The van der Waals surface area contributed by atoms with Crippen LogP contribution in [0.15, 0.2) is 255 Å². The summed E-state index contributed by atoms with van der Waals surface area (Å²) in [6.45, 7) is 0. The standard InChI is InChI=1S/C69H42N8/c1-11-31-54-44(21-1)45-22-2-12-32-55(45)73(54)43-41-64(74-56-33-13-3-23-46(56)47-24-4-14-34-57(47)74)66(65(42-43)75-58-35-15-5-25-48(58)49-26-6-16-36-59(49)75)67-70-68(76-60-37-17-7-27-50(60)51-28-8-18-38-61(51)76)72-69(71-67)77-62-39-19-9-29-52(62)53-30-10-20-40-63(53)77/h1-42H. The van der Waals surface area contributed by atoms with E-state index in [0.29, 0.717) is 17.7 Å². The maximum absolute atomic E-state index is 5.86. The predicted octanol–water partition coefficient (Wildman–Crippen LogP) is 17.0. The third kappa shape index (κ3) is 5.89. The number of fused-ring (bicyclic) bond motifs is 15. The van der Waals surface area contributed by atoms with E-state index in [-0.39, 0.29) is 0 Å². The van der Waals surface area contributed by atoms with E-state index in [2.05, 4.69) is 278 Å². The SMILES string of the molecule is c1ccc2c(c1)c1ccccc1n2-c1cc(-n2c3ccccc3c3ccccc32)c(-c2nc(-n3c4ccccc4c4ccccc43)nc(-n3c4ccccc4c4ccccc43)n2)c(-n2c3ccccc3c3ccccc32)c1. The molecule has 17 aromatic rings. The molecule has 0 saturated carbocycles. The van der Waals surface area contributed by atoms with Crippen LogP contribution < -0.4 is 0 Å². The van der Waals surface area contributed by atoms with Crippen molar-refractivity contribution >= 4 is 109 Å². The third-order valence-corrected chi connectivity index (χ3v) is 16.0. The van der Waals surface area contributed by atoms with Gasteiger partial charge < -0.3 is 13.7 Å². The third-order valence-electron chi connectivity index (χ3n) is 16.0. The Morgan fingerprint density at radius 2 is 0.416 bits per heavy atom. The average Bonchev–Trinajstić information content (AvgIpc) is 4.47. The highest BCUT2D eigenvalue weighted by Crippen LogP contribution is 2.45. The Labute approximate surface area is 439 Å². The van der Waals surface area contributed by atoms with Crippen molar-refractivity contribution in [3.05, 3.63) is 255 Å². The zero-order valence-electron chi connectivity index (χ0n) is 41.3. The van der Waals surface area contributed by atoms with Gasteiger partial charge in [-0.15, -0.1) is 0 Å². The molecular weight excluding hydrogens is 941 g/mol. The molecule has 0 bridgehead atoms. The number of aromatic nitrogens is 8. The quantitative estimate of drug-likeness (QED) is 0.167. The molecule has 358 valence electrons. The van der Waals surface area contributed by atoms with Crippen molar-refractivity contribution in [2.45, 2.75) is 0 Å². The number of para-hydroxylation sites is 10. The van der Waals surface area contributed by atoms with Crippen molar-refractivity contribution in [2.24, 2.45) is 0 Å². The molecule has 0 spiro atoms. The van der Waals surface area contributed by atoms with E-state index in [1.54, 1.807) is 0 Å². The summed E-state index contributed by atoms with van der Waals surface area (Å²) in [5, 5.41) is 11.5. The lowest BCUT2D eigenvalue weighted by Crippen LogP contribution is -2.13. The van der Waals surface area contributed by atoms with Gasteiger partial charge in [-0.1, -0.05) is 182 Å². The van der Waals surface area contributed by atoms with Gasteiger partial charge in [0.15, 0.2) is 5.82 Å². The summed E-state index contributed by atoms with van der Waals surface area (Å²) in [6, 6.07) is 91.6. The van der Waals surface area contributed by atoms with Crippen molar-refractivity contribution in [1.29, 1.82) is 0 Å². The molecule has 77 heavy (non-hydrogen) atoms. The molecule has 8 nitrogen and oxygen atoms in total. The Kier molecular flexibility index (Phi) is 8.68. The largest absolute Gasteiger partial charge is 0.309 e. The van der Waals surface area contributed by atoms with Crippen molar-refractivity contribution in [2.75, 3.05) is 0 Å². The average molecular weight is 983 g/mol. The van der Waals surface area contributed by atoms with Gasteiger partial charge in [0.25, 0.3) is 0 Å². The van der Waals surface area contributed by atoms with E-state index in [4.69, 9.17) is 15.0 Å². The van der Waals surface area contributed by atoms with Crippen LogP contribution in [0, 0.1) is 0 Å². The Balaban J connectivity index is 1.11. The maximum atomic E-state index is 5.86. The van der Waals surface area contributed by atoms with Crippen LogP contribution in [0.2, 0.25) is 0 Å². The lowest BCUT2D eigenvalue weighted by Gasteiger charge is -2.22. The number of benzene rings is 11. The Bertz CT molecular complexity index is 4780. The molecule has 0 aliphatic rings. The molecule has 0 aliphatic carbocycles. The van der Waals surface area contributed by atoms with Gasteiger partial charge in [0.2, 0.25) is 11.9 Å². The summed E-state index contributed by atoms with van der Waals surface area (Å²) in [5.74, 6) is 1.55. The fraction of sp³-hybridized carbons (Fsp3) is 0. The first-order valence-corrected chi connectivity index (χ1v) is 26.1. The Morgan fingerprint density at radius 1 is 0.208 bits per heavy atom. The first-order chi connectivity index (χ1) is 38.2. The number of rotatable bonds is 6. The van der Waals surface area contributed by atoms with Crippen LogP contribution in [-0.2, 0) is 0 Å². The minimum Gasteiger partial charge on any atom is -0.309 e. The highest BCUT2D eigenvalue weighted by atomic mass is 15.3. The van der Waals surface area contributed by atoms with Crippen LogP contribution in [0.5, 0.6) is 0 Å². The lowest BCUT2D eigenvalue weighted by atomic mass is 10.1. The number of hydrogen-bond acceptors (Lipinski definition) is 3. The van der Waals surface area contributed by atoms with Gasteiger partial charge in [0.1, 0.15) is 0 Å². The molecule has 0 saturated heterocycles. The highest BCUT2D eigenvalue weighted by molar-refractivity contribution is 6.14. The van der Waals surface area contributed by atoms with Gasteiger partial charge in [-0.3, -0.25) is 9.13 Å². The van der Waals surface area contributed by atoms with E-state index < -0.39 is 0 Å². The molecule has 0 atom stereocenters. The molecule has 0 unspecified atom stereocenters. The molecule has 0 amide bonds. The van der Waals surface area contributed by atoms with Crippen LogP contribution in [0.3, 0.4) is 0 Å². The minimum absolute atomic E-state index is 0.511. The smallest absolute Gasteiger partial charge is 0.240 e. The zero-order valence-corrected chi connectivity index (χ0v) is 41.3. The number of hydrogen-bond donors (Lipinski definition) is 0. The fourth-order valence-electron chi connectivity index (χ4n) is 12.8. The normalized spacial score (nSPS) is 12.2. The van der Waals surface area contributed by atoms with E-state index in [0.717, 1.165) is 121 Å². The summed E-state index contributed by atoms with van der Waals surface area (Å²) < 4.78 is 11.8. The molecule has 17 rings (SSSR count). The summed E-state index contributed by atoms with van der Waals surface area (Å²) in [6.07, 6.45) is 0. The molecular formula is C69H42N8. The van der Waals surface area contributed by atoms with Crippen LogP contribution in [0.4, 0.5) is 0 Å². The lowest BCUT2D eigenvalue weighted by molar-refractivity contribution is 0.890.